The number of hydrogen-bond donors (Lipinski definition) is 1. The van der Waals surface area contributed by atoms with Gasteiger partial charge in [-0.1, -0.05) is 36.3 Å². The molecule has 2 heterocycles. The number of rotatable bonds is 9. The molecule has 2 aromatic carbocycles. The fourth-order valence-corrected chi connectivity index (χ4v) is 4.33. The van der Waals surface area contributed by atoms with Gasteiger partial charge in [0.05, 0.1) is 11.6 Å². The summed E-state index contributed by atoms with van der Waals surface area (Å²) in [6.45, 7) is 6.28. The van der Waals surface area contributed by atoms with E-state index < -0.39 is 5.97 Å². The second-order valence-corrected chi connectivity index (χ2v) is 8.79. The van der Waals surface area contributed by atoms with Crippen LogP contribution in [0, 0.1) is 11.7 Å². The Labute approximate surface area is 204 Å². The third-order valence-electron chi connectivity index (χ3n) is 6.36. The highest BCUT2D eigenvalue weighted by Crippen LogP contribution is 2.23. The van der Waals surface area contributed by atoms with Crippen molar-refractivity contribution in [2.24, 2.45) is 11.1 Å². The number of aliphatic carboxylic acids is 1. The van der Waals surface area contributed by atoms with Crippen molar-refractivity contribution in [1.29, 1.82) is 0 Å². The molecule has 182 valence electrons. The van der Waals surface area contributed by atoms with Gasteiger partial charge in [0.25, 0.3) is 0 Å². The Morgan fingerprint density at radius 1 is 1.20 bits per heavy atom. The van der Waals surface area contributed by atoms with E-state index in [2.05, 4.69) is 39.1 Å². The van der Waals surface area contributed by atoms with E-state index in [-0.39, 0.29) is 18.3 Å². The molecule has 7 nitrogen and oxygen atoms in total. The van der Waals surface area contributed by atoms with Crippen LogP contribution in [0.25, 0.3) is 11.1 Å². The summed E-state index contributed by atoms with van der Waals surface area (Å²) >= 11 is 0. The number of benzene rings is 2. The molecule has 1 fully saturated rings. The number of nitrogens with zero attached hydrogens (tertiary/aromatic N) is 4. The second-order valence-electron chi connectivity index (χ2n) is 8.79. The molecular weight excluding hydrogens is 447 g/mol. The number of aromatic nitrogens is 2. The zero-order chi connectivity index (χ0) is 24.8. The summed E-state index contributed by atoms with van der Waals surface area (Å²) in [6.07, 6.45) is 6.12. The summed E-state index contributed by atoms with van der Waals surface area (Å²) in [6, 6.07) is 11.1. The van der Waals surface area contributed by atoms with Crippen LogP contribution in [0.5, 0.6) is 0 Å². The highest BCUT2D eigenvalue weighted by atomic mass is 19.1. The summed E-state index contributed by atoms with van der Waals surface area (Å²) in [5.41, 5.74) is 5.84. The van der Waals surface area contributed by atoms with E-state index in [9.17, 15) is 14.3 Å². The van der Waals surface area contributed by atoms with E-state index in [1.807, 2.05) is 13.0 Å². The first kappa shape index (κ1) is 24.5. The molecule has 0 saturated carbocycles. The molecule has 8 heteroatoms. The molecule has 1 unspecified atom stereocenters. The molecular formula is C27H29FN4O3. The van der Waals surface area contributed by atoms with E-state index in [4.69, 9.17) is 4.84 Å². The van der Waals surface area contributed by atoms with Gasteiger partial charge < -0.3 is 9.94 Å². The van der Waals surface area contributed by atoms with Gasteiger partial charge in [-0.3, -0.25) is 9.69 Å². The Morgan fingerprint density at radius 2 is 2.00 bits per heavy atom. The van der Waals surface area contributed by atoms with Crippen molar-refractivity contribution >= 4 is 11.7 Å². The van der Waals surface area contributed by atoms with Gasteiger partial charge >= 0.3 is 5.97 Å². The van der Waals surface area contributed by atoms with Crippen LogP contribution in [0.2, 0.25) is 0 Å². The summed E-state index contributed by atoms with van der Waals surface area (Å²) in [5.74, 6) is -1.35. The van der Waals surface area contributed by atoms with Gasteiger partial charge in [-0.2, -0.15) is 0 Å². The van der Waals surface area contributed by atoms with Crippen molar-refractivity contribution in [3.63, 3.8) is 0 Å². The first-order chi connectivity index (χ1) is 16.9. The van der Waals surface area contributed by atoms with Crippen LogP contribution < -0.4 is 0 Å². The Bertz CT molecular complexity index is 1220. The molecule has 0 bridgehead atoms. The molecule has 0 aliphatic carbocycles. The standard InChI is InChI=1S/C27H29FN4O3/c1-3-20-11-21(5-6-22(20)14-32-9-8-23(15-32)27(33)34)18(2)31-35-16-19-4-7-25(26(28)10-19)24-12-29-17-30-13-24/h4-7,10-13,17,23H,3,8-9,14-16H2,1-2H3,(H,33,34). The number of aryl methyl sites for hydroxylation is 1. The van der Waals surface area contributed by atoms with Crippen LogP contribution in [0.15, 0.2) is 60.3 Å². The van der Waals surface area contributed by atoms with Crippen LogP contribution in [-0.2, 0) is 29.2 Å². The molecule has 4 rings (SSSR count). The zero-order valence-corrected chi connectivity index (χ0v) is 19.9. The van der Waals surface area contributed by atoms with Crippen molar-refractivity contribution in [3.8, 4) is 11.1 Å². The van der Waals surface area contributed by atoms with Crippen molar-refractivity contribution in [2.45, 2.75) is 39.8 Å². The Kier molecular flexibility index (Phi) is 7.82. The number of halogens is 1. The lowest BCUT2D eigenvalue weighted by molar-refractivity contribution is -0.141. The van der Waals surface area contributed by atoms with E-state index in [0.717, 1.165) is 30.8 Å². The van der Waals surface area contributed by atoms with Crippen molar-refractivity contribution in [2.75, 3.05) is 13.1 Å². The third kappa shape index (κ3) is 6.08. The molecule has 1 saturated heterocycles. The van der Waals surface area contributed by atoms with E-state index in [1.54, 1.807) is 24.5 Å². The minimum Gasteiger partial charge on any atom is -0.481 e. The molecule has 35 heavy (non-hydrogen) atoms. The highest BCUT2D eigenvalue weighted by molar-refractivity contribution is 5.98. The number of oxime groups is 1. The molecule has 1 aliphatic rings. The van der Waals surface area contributed by atoms with Gasteiger partial charge in [0.1, 0.15) is 18.8 Å². The molecule has 3 aromatic rings. The van der Waals surface area contributed by atoms with Gasteiger partial charge in [-0.25, -0.2) is 14.4 Å². The number of hydrogen-bond acceptors (Lipinski definition) is 6. The third-order valence-corrected chi connectivity index (χ3v) is 6.36. The number of carboxylic acids is 1. The van der Waals surface area contributed by atoms with Crippen molar-refractivity contribution in [1.82, 2.24) is 14.9 Å². The van der Waals surface area contributed by atoms with Crippen molar-refractivity contribution in [3.05, 3.63) is 83.2 Å². The van der Waals surface area contributed by atoms with Crippen LogP contribution in [0.1, 0.15) is 42.5 Å². The van der Waals surface area contributed by atoms with Gasteiger partial charge in [0.2, 0.25) is 0 Å². The smallest absolute Gasteiger partial charge is 0.307 e. The number of carbonyl (C=O) groups is 1. The van der Waals surface area contributed by atoms with Crippen LogP contribution >= 0.6 is 0 Å². The van der Waals surface area contributed by atoms with E-state index in [1.165, 1.54) is 23.5 Å². The van der Waals surface area contributed by atoms with Crippen LogP contribution in [0.3, 0.4) is 0 Å². The van der Waals surface area contributed by atoms with Crippen molar-refractivity contribution < 1.29 is 19.1 Å². The molecule has 0 radical (unpaired) electrons. The van der Waals surface area contributed by atoms with Gasteiger partial charge in [0.15, 0.2) is 0 Å². The molecule has 0 spiro atoms. The Hall–Kier alpha value is -3.65. The predicted octanol–water partition coefficient (Wildman–Crippen LogP) is 4.69. The SMILES string of the molecule is CCc1cc(C(C)=NOCc2ccc(-c3cncnc3)c(F)c2)ccc1CN1CCC(C(=O)O)C1. The van der Waals surface area contributed by atoms with Gasteiger partial charge in [0, 0.05) is 36.6 Å². The van der Waals surface area contributed by atoms with E-state index >= 15 is 0 Å². The largest absolute Gasteiger partial charge is 0.481 e. The average Bonchev–Trinajstić information content (AvgIpc) is 3.34. The highest BCUT2D eigenvalue weighted by Gasteiger charge is 2.28. The minimum atomic E-state index is -0.713. The zero-order valence-electron chi connectivity index (χ0n) is 19.9. The maximum atomic E-state index is 14.5. The van der Waals surface area contributed by atoms with Gasteiger partial charge in [-0.15, -0.1) is 0 Å². The average molecular weight is 477 g/mol. The van der Waals surface area contributed by atoms with E-state index in [0.29, 0.717) is 29.7 Å². The Morgan fingerprint density at radius 3 is 2.69 bits per heavy atom. The van der Waals surface area contributed by atoms with Gasteiger partial charge in [-0.05, 0) is 60.7 Å². The summed E-state index contributed by atoms with van der Waals surface area (Å²) in [4.78, 5) is 26.8. The monoisotopic (exact) mass is 476 g/mol. The molecule has 0 amide bonds. The Balaban J connectivity index is 1.38. The summed E-state index contributed by atoms with van der Waals surface area (Å²) in [5, 5.41) is 13.5. The normalized spacial score (nSPS) is 16.4. The quantitative estimate of drug-likeness (QED) is 0.356. The lowest BCUT2D eigenvalue weighted by Gasteiger charge is -2.18. The number of carboxylic acid groups (broad SMARTS) is 1. The lowest BCUT2D eigenvalue weighted by Crippen LogP contribution is -2.23. The lowest BCUT2D eigenvalue weighted by atomic mass is 9.99. The number of likely N-dealkylation sites (tertiary alicyclic amines) is 1. The first-order valence-electron chi connectivity index (χ1n) is 11.7. The maximum Gasteiger partial charge on any atom is 0.307 e. The predicted molar refractivity (Wildman–Crippen MR) is 131 cm³/mol. The van der Waals surface area contributed by atoms with Crippen LogP contribution in [-0.4, -0.2) is 44.7 Å². The fraction of sp³-hybridized carbons (Fsp3) is 0.333. The fourth-order valence-electron chi connectivity index (χ4n) is 4.33. The molecule has 1 atom stereocenters. The first-order valence-corrected chi connectivity index (χ1v) is 11.7. The summed E-state index contributed by atoms with van der Waals surface area (Å²) < 4.78 is 14.5. The molecule has 1 aliphatic heterocycles. The molecule has 1 aromatic heterocycles. The maximum absolute atomic E-state index is 14.5. The minimum absolute atomic E-state index is 0.151. The second kappa shape index (κ2) is 11.2. The summed E-state index contributed by atoms with van der Waals surface area (Å²) in [7, 11) is 0. The van der Waals surface area contributed by atoms with Crippen LogP contribution in [0.4, 0.5) is 4.39 Å². The topological polar surface area (TPSA) is 87.9 Å². The molecule has 1 N–H and O–H groups in total.